The van der Waals surface area contributed by atoms with Crippen LogP contribution in [0.15, 0.2) is 24.3 Å². The van der Waals surface area contributed by atoms with Gasteiger partial charge in [-0.25, -0.2) is 14.4 Å². The first kappa shape index (κ1) is 13.2. The Balaban J connectivity index is 2.30. The Labute approximate surface area is 115 Å². The van der Waals surface area contributed by atoms with Crippen LogP contribution in [0.4, 0.5) is 4.39 Å². The molecule has 2 aromatic rings. The Morgan fingerprint density at radius 1 is 1.17 bits per heavy atom. The Morgan fingerprint density at radius 3 is 2.39 bits per heavy atom. The van der Waals surface area contributed by atoms with Gasteiger partial charge in [0.1, 0.15) is 21.9 Å². The SMILES string of the molecule is CCc1c(Cl)nc(Cc2cccc(F)c2)nc1Cl. The number of nitrogens with zero attached hydrogens (tertiary/aromatic N) is 2. The normalized spacial score (nSPS) is 10.7. The highest BCUT2D eigenvalue weighted by Gasteiger charge is 2.10. The van der Waals surface area contributed by atoms with Crippen LogP contribution in [0.25, 0.3) is 0 Å². The molecule has 0 saturated heterocycles. The van der Waals surface area contributed by atoms with Crippen molar-refractivity contribution in [3.63, 3.8) is 0 Å². The molecule has 1 aromatic carbocycles. The molecule has 0 aliphatic heterocycles. The Kier molecular flexibility index (Phi) is 4.15. The van der Waals surface area contributed by atoms with E-state index >= 15 is 0 Å². The molecular formula is C13H11Cl2FN2. The van der Waals surface area contributed by atoms with Crippen LogP contribution in [0.1, 0.15) is 23.9 Å². The molecule has 94 valence electrons. The molecule has 2 nitrogen and oxygen atoms in total. The Morgan fingerprint density at radius 2 is 1.83 bits per heavy atom. The quantitative estimate of drug-likeness (QED) is 0.794. The van der Waals surface area contributed by atoms with Gasteiger partial charge in [-0.2, -0.15) is 0 Å². The van der Waals surface area contributed by atoms with E-state index in [2.05, 4.69) is 9.97 Å². The largest absolute Gasteiger partial charge is 0.220 e. The van der Waals surface area contributed by atoms with Crippen molar-refractivity contribution in [2.75, 3.05) is 0 Å². The second-order valence-electron chi connectivity index (χ2n) is 3.86. The maximum absolute atomic E-state index is 13.1. The zero-order valence-electron chi connectivity index (χ0n) is 9.75. The van der Waals surface area contributed by atoms with Crippen molar-refractivity contribution in [1.82, 2.24) is 9.97 Å². The highest BCUT2D eigenvalue weighted by molar-refractivity contribution is 6.34. The van der Waals surface area contributed by atoms with Crippen LogP contribution in [0, 0.1) is 5.82 Å². The molecule has 2 rings (SSSR count). The van der Waals surface area contributed by atoms with Gasteiger partial charge in [0, 0.05) is 12.0 Å². The van der Waals surface area contributed by atoms with E-state index in [1.54, 1.807) is 6.07 Å². The first-order valence-electron chi connectivity index (χ1n) is 5.55. The summed E-state index contributed by atoms with van der Waals surface area (Å²) in [7, 11) is 0. The summed E-state index contributed by atoms with van der Waals surface area (Å²) < 4.78 is 13.1. The minimum Gasteiger partial charge on any atom is -0.220 e. The maximum Gasteiger partial charge on any atom is 0.137 e. The topological polar surface area (TPSA) is 25.8 Å². The third-order valence-corrected chi connectivity index (χ3v) is 3.18. The molecule has 0 bridgehead atoms. The molecule has 0 atom stereocenters. The van der Waals surface area contributed by atoms with E-state index in [-0.39, 0.29) is 5.82 Å². The van der Waals surface area contributed by atoms with Crippen molar-refractivity contribution in [2.24, 2.45) is 0 Å². The average molecular weight is 285 g/mol. The Hall–Kier alpha value is -1.19. The van der Waals surface area contributed by atoms with Gasteiger partial charge in [0.25, 0.3) is 0 Å². The van der Waals surface area contributed by atoms with E-state index < -0.39 is 0 Å². The van der Waals surface area contributed by atoms with Gasteiger partial charge in [-0.05, 0) is 24.1 Å². The molecule has 0 N–H and O–H groups in total. The molecule has 1 aromatic heterocycles. The highest BCUT2D eigenvalue weighted by Crippen LogP contribution is 2.22. The average Bonchev–Trinajstić information content (AvgIpc) is 2.28. The first-order valence-corrected chi connectivity index (χ1v) is 6.31. The molecule has 18 heavy (non-hydrogen) atoms. The van der Waals surface area contributed by atoms with E-state index in [0.717, 1.165) is 11.1 Å². The van der Waals surface area contributed by atoms with Gasteiger partial charge in [0.2, 0.25) is 0 Å². The van der Waals surface area contributed by atoms with Crippen molar-refractivity contribution in [1.29, 1.82) is 0 Å². The van der Waals surface area contributed by atoms with Crippen molar-refractivity contribution in [3.8, 4) is 0 Å². The molecule has 0 aliphatic rings. The molecule has 0 unspecified atom stereocenters. The fourth-order valence-electron chi connectivity index (χ4n) is 1.67. The lowest BCUT2D eigenvalue weighted by Gasteiger charge is -2.06. The van der Waals surface area contributed by atoms with Gasteiger partial charge in [0.05, 0.1) is 0 Å². The Bertz CT molecular complexity index is 550. The van der Waals surface area contributed by atoms with Crippen LogP contribution in [0.3, 0.4) is 0 Å². The minimum absolute atomic E-state index is 0.283. The van der Waals surface area contributed by atoms with Crippen molar-refractivity contribution in [2.45, 2.75) is 19.8 Å². The van der Waals surface area contributed by atoms with Crippen molar-refractivity contribution >= 4 is 23.2 Å². The molecule has 0 aliphatic carbocycles. The smallest absolute Gasteiger partial charge is 0.137 e. The molecule has 0 saturated carbocycles. The van der Waals surface area contributed by atoms with E-state index in [0.29, 0.717) is 29.0 Å². The number of halogens is 3. The summed E-state index contributed by atoms with van der Waals surface area (Å²) in [6.07, 6.45) is 1.08. The summed E-state index contributed by atoms with van der Waals surface area (Å²) >= 11 is 12.0. The summed E-state index contributed by atoms with van der Waals surface area (Å²) in [4.78, 5) is 8.35. The molecule has 0 radical (unpaired) electrons. The highest BCUT2D eigenvalue weighted by atomic mass is 35.5. The van der Waals surface area contributed by atoms with Crippen LogP contribution >= 0.6 is 23.2 Å². The van der Waals surface area contributed by atoms with Gasteiger partial charge >= 0.3 is 0 Å². The monoisotopic (exact) mass is 284 g/mol. The molecule has 0 spiro atoms. The zero-order valence-corrected chi connectivity index (χ0v) is 11.3. The minimum atomic E-state index is -0.283. The van der Waals surface area contributed by atoms with Gasteiger partial charge in [-0.3, -0.25) is 0 Å². The van der Waals surface area contributed by atoms with E-state index in [1.807, 2.05) is 13.0 Å². The molecule has 0 fully saturated rings. The van der Waals surface area contributed by atoms with Crippen LogP contribution < -0.4 is 0 Å². The number of rotatable bonds is 3. The van der Waals surface area contributed by atoms with E-state index in [1.165, 1.54) is 12.1 Å². The van der Waals surface area contributed by atoms with Crippen LogP contribution in [0.5, 0.6) is 0 Å². The predicted molar refractivity (Wildman–Crippen MR) is 70.6 cm³/mol. The number of aromatic nitrogens is 2. The van der Waals surface area contributed by atoms with E-state index in [9.17, 15) is 4.39 Å². The zero-order chi connectivity index (χ0) is 13.1. The van der Waals surface area contributed by atoms with Gasteiger partial charge in [-0.15, -0.1) is 0 Å². The fourth-order valence-corrected chi connectivity index (χ4v) is 2.36. The van der Waals surface area contributed by atoms with Crippen LogP contribution in [-0.4, -0.2) is 9.97 Å². The van der Waals surface area contributed by atoms with Gasteiger partial charge < -0.3 is 0 Å². The third kappa shape index (κ3) is 2.98. The number of hydrogen-bond acceptors (Lipinski definition) is 2. The van der Waals surface area contributed by atoms with Gasteiger partial charge in [0.15, 0.2) is 0 Å². The van der Waals surface area contributed by atoms with Gasteiger partial charge in [-0.1, -0.05) is 42.3 Å². The summed E-state index contributed by atoms with van der Waals surface area (Å²) in [5, 5.41) is 0.729. The van der Waals surface area contributed by atoms with Crippen LogP contribution in [-0.2, 0) is 12.8 Å². The number of benzene rings is 1. The lowest BCUT2D eigenvalue weighted by atomic mass is 10.1. The fraction of sp³-hybridized carbons (Fsp3) is 0.231. The molecule has 5 heteroatoms. The molecule has 1 heterocycles. The third-order valence-electron chi connectivity index (χ3n) is 2.56. The standard InChI is InChI=1S/C13H11Cl2FN2/c1-2-10-12(14)17-11(18-13(10)15)7-8-4-3-5-9(16)6-8/h3-6H,2,7H2,1H3. The first-order chi connectivity index (χ1) is 8.60. The summed E-state index contributed by atoms with van der Waals surface area (Å²) in [5.74, 6) is 0.211. The molecular weight excluding hydrogens is 274 g/mol. The molecule has 0 amide bonds. The lowest BCUT2D eigenvalue weighted by Crippen LogP contribution is -2.01. The lowest BCUT2D eigenvalue weighted by molar-refractivity contribution is 0.625. The van der Waals surface area contributed by atoms with Crippen molar-refractivity contribution in [3.05, 3.63) is 57.3 Å². The predicted octanol–water partition coefficient (Wildman–Crippen LogP) is 4.08. The number of hydrogen-bond donors (Lipinski definition) is 0. The second kappa shape index (κ2) is 5.63. The van der Waals surface area contributed by atoms with Crippen molar-refractivity contribution < 1.29 is 4.39 Å². The summed E-state index contributed by atoms with van der Waals surface area (Å²) in [6, 6.07) is 6.29. The maximum atomic E-state index is 13.1. The van der Waals surface area contributed by atoms with Crippen LogP contribution in [0.2, 0.25) is 10.3 Å². The summed E-state index contributed by atoms with van der Waals surface area (Å²) in [6.45, 7) is 1.93. The second-order valence-corrected chi connectivity index (χ2v) is 4.58. The van der Waals surface area contributed by atoms with E-state index in [4.69, 9.17) is 23.2 Å². The summed E-state index contributed by atoms with van der Waals surface area (Å²) in [5.41, 5.74) is 1.52.